The lowest BCUT2D eigenvalue weighted by Crippen LogP contribution is -2.40. The van der Waals surface area contributed by atoms with Gasteiger partial charge in [-0.2, -0.15) is 12.7 Å². The highest BCUT2D eigenvalue weighted by Crippen LogP contribution is 2.16. The molecule has 0 saturated carbocycles. The molecule has 19 heavy (non-hydrogen) atoms. The van der Waals surface area contributed by atoms with Gasteiger partial charge in [-0.3, -0.25) is 4.79 Å². The van der Waals surface area contributed by atoms with Crippen LogP contribution in [0.4, 0.5) is 0 Å². The van der Waals surface area contributed by atoms with E-state index in [0.717, 1.165) is 9.31 Å². The fourth-order valence-corrected chi connectivity index (χ4v) is 2.99. The number of aliphatic carboxylic acids is 1. The third-order valence-electron chi connectivity index (χ3n) is 2.50. The van der Waals surface area contributed by atoms with E-state index >= 15 is 0 Å². The number of nitrogens with one attached hydrogen (secondary N) is 1. The van der Waals surface area contributed by atoms with Gasteiger partial charge < -0.3 is 5.11 Å². The van der Waals surface area contributed by atoms with Crippen LogP contribution in [0.5, 0.6) is 0 Å². The second-order valence-electron chi connectivity index (χ2n) is 4.09. The number of carbonyl (C=O) groups is 1. The predicted molar refractivity (Wildman–Crippen MR) is 72.3 cm³/mol. The maximum atomic E-state index is 11.8. The maximum absolute atomic E-state index is 11.8. The van der Waals surface area contributed by atoms with Crippen LogP contribution in [0.25, 0.3) is 0 Å². The molecular weight excluding hydrogens is 290 g/mol. The molecule has 0 spiro atoms. The molecule has 9 heteroatoms. The fourth-order valence-electron chi connectivity index (χ4n) is 1.28. The maximum Gasteiger partial charge on any atom is 0.304 e. The number of aromatic nitrogens is 1. The number of thiazole rings is 1. The number of hydrogen-bond donors (Lipinski definition) is 2. The minimum absolute atomic E-state index is 0.0253. The highest BCUT2D eigenvalue weighted by Gasteiger charge is 2.19. The highest BCUT2D eigenvalue weighted by molar-refractivity contribution is 7.87. The smallest absolute Gasteiger partial charge is 0.304 e. The van der Waals surface area contributed by atoms with Crippen molar-refractivity contribution in [2.75, 3.05) is 20.1 Å². The second-order valence-corrected chi connectivity index (χ2v) is 6.88. The lowest BCUT2D eigenvalue weighted by atomic mass is 10.2. The van der Waals surface area contributed by atoms with Gasteiger partial charge in [0.05, 0.1) is 11.4 Å². The molecule has 0 aliphatic rings. The average Bonchev–Trinajstić information content (AvgIpc) is 2.86. The molecular formula is C10H17N3O4S2. The molecule has 0 saturated heterocycles. The Balaban J connectivity index is 2.48. The van der Waals surface area contributed by atoms with E-state index in [1.807, 2.05) is 12.3 Å². The molecule has 1 atom stereocenters. The van der Waals surface area contributed by atoms with Gasteiger partial charge in [0.25, 0.3) is 10.2 Å². The molecule has 1 rings (SSSR count). The Morgan fingerprint density at radius 2 is 2.32 bits per heavy atom. The van der Waals surface area contributed by atoms with Gasteiger partial charge in [-0.1, -0.05) is 6.92 Å². The van der Waals surface area contributed by atoms with Crippen molar-refractivity contribution in [2.24, 2.45) is 0 Å². The van der Waals surface area contributed by atoms with Crippen LogP contribution in [0.3, 0.4) is 0 Å². The number of hydrogen-bond acceptors (Lipinski definition) is 5. The molecule has 108 valence electrons. The van der Waals surface area contributed by atoms with Gasteiger partial charge in [0.1, 0.15) is 0 Å². The van der Waals surface area contributed by atoms with Crippen LogP contribution in [0.1, 0.15) is 24.3 Å². The Kier molecular flexibility index (Phi) is 5.85. The van der Waals surface area contributed by atoms with Crippen molar-refractivity contribution in [3.63, 3.8) is 0 Å². The predicted octanol–water partition coefficient (Wildman–Crippen LogP) is 0.487. The van der Waals surface area contributed by atoms with Crippen LogP contribution in [0.2, 0.25) is 0 Å². The van der Waals surface area contributed by atoms with Crippen LogP contribution in [0.15, 0.2) is 11.6 Å². The standard InChI is InChI=1S/C10H17N3O4S2/c1-8(10-11-4-6-18-10)7-12-19(16,17)13(2)5-3-9(14)15/h4,6,8,12H,3,5,7H2,1-2H3,(H,14,15). The summed E-state index contributed by atoms with van der Waals surface area (Å²) in [5, 5.41) is 11.2. The lowest BCUT2D eigenvalue weighted by molar-refractivity contribution is -0.137. The molecule has 1 unspecified atom stereocenters. The van der Waals surface area contributed by atoms with Gasteiger partial charge in [-0.05, 0) is 0 Å². The van der Waals surface area contributed by atoms with Gasteiger partial charge in [-0.15, -0.1) is 11.3 Å². The first kappa shape index (κ1) is 16.0. The van der Waals surface area contributed by atoms with Gasteiger partial charge in [0.15, 0.2) is 0 Å². The van der Waals surface area contributed by atoms with Crippen molar-refractivity contribution in [1.82, 2.24) is 14.0 Å². The minimum atomic E-state index is -3.65. The third kappa shape index (κ3) is 5.23. The van der Waals surface area contributed by atoms with Crippen molar-refractivity contribution in [3.05, 3.63) is 16.6 Å². The van der Waals surface area contributed by atoms with E-state index in [1.165, 1.54) is 18.4 Å². The van der Waals surface area contributed by atoms with E-state index in [4.69, 9.17) is 5.11 Å². The van der Waals surface area contributed by atoms with E-state index in [-0.39, 0.29) is 25.4 Å². The van der Waals surface area contributed by atoms with E-state index in [0.29, 0.717) is 0 Å². The zero-order chi connectivity index (χ0) is 14.5. The Labute approximate surface area is 116 Å². The van der Waals surface area contributed by atoms with Gasteiger partial charge in [0, 0.05) is 37.6 Å². The van der Waals surface area contributed by atoms with Crippen molar-refractivity contribution in [3.8, 4) is 0 Å². The minimum Gasteiger partial charge on any atom is -0.481 e. The molecule has 1 heterocycles. The zero-order valence-corrected chi connectivity index (χ0v) is 12.4. The number of carboxylic acid groups (broad SMARTS) is 1. The summed E-state index contributed by atoms with van der Waals surface area (Å²) in [6, 6.07) is 0. The molecule has 0 aliphatic heterocycles. The highest BCUT2D eigenvalue weighted by atomic mass is 32.2. The molecule has 0 radical (unpaired) electrons. The first-order valence-corrected chi connectivity index (χ1v) is 7.97. The molecule has 0 aromatic carbocycles. The number of nitrogens with zero attached hydrogens (tertiary/aromatic N) is 2. The van der Waals surface area contributed by atoms with E-state index < -0.39 is 16.2 Å². The Morgan fingerprint density at radius 1 is 1.63 bits per heavy atom. The first-order valence-electron chi connectivity index (χ1n) is 5.65. The molecule has 7 nitrogen and oxygen atoms in total. The summed E-state index contributed by atoms with van der Waals surface area (Å²) in [6.07, 6.45) is 1.45. The molecule has 1 aromatic rings. The van der Waals surface area contributed by atoms with Crippen LogP contribution in [-0.2, 0) is 15.0 Å². The molecule has 0 amide bonds. The van der Waals surface area contributed by atoms with Crippen molar-refractivity contribution in [2.45, 2.75) is 19.3 Å². The van der Waals surface area contributed by atoms with Crippen molar-refractivity contribution in [1.29, 1.82) is 0 Å². The average molecular weight is 307 g/mol. The summed E-state index contributed by atoms with van der Waals surface area (Å²) >= 11 is 1.47. The summed E-state index contributed by atoms with van der Waals surface area (Å²) in [6.45, 7) is 2.04. The van der Waals surface area contributed by atoms with Crippen molar-refractivity contribution >= 4 is 27.5 Å². The molecule has 2 N–H and O–H groups in total. The monoisotopic (exact) mass is 307 g/mol. The van der Waals surface area contributed by atoms with E-state index in [1.54, 1.807) is 6.20 Å². The Hall–Kier alpha value is -1.03. The Bertz CT molecular complexity index is 501. The van der Waals surface area contributed by atoms with Gasteiger partial charge in [0.2, 0.25) is 0 Å². The normalized spacial score (nSPS) is 13.6. The SMILES string of the molecule is CC(CNS(=O)(=O)N(C)CCC(=O)O)c1nccs1. The lowest BCUT2D eigenvalue weighted by Gasteiger charge is -2.18. The van der Waals surface area contributed by atoms with Crippen LogP contribution >= 0.6 is 11.3 Å². The summed E-state index contributed by atoms with van der Waals surface area (Å²) in [7, 11) is -2.30. The number of carboxylic acids is 1. The molecule has 0 aliphatic carbocycles. The quantitative estimate of drug-likeness (QED) is 0.728. The van der Waals surface area contributed by atoms with E-state index in [9.17, 15) is 13.2 Å². The largest absolute Gasteiger partial charge is 0.481 e. The van der Waals surface area contributed by atoms with Crippen LogP contribution in [-0.4, -0.2) is 48.9 Å². The van der Waals surface area contributed by atoms with Crippen LogP contribution in [0, 0.1) is 0 Å². The van der Waals surface area contributed by atoms with E-state index in [2.05, 4.69) is 9.71 Å². The van der Waals surface area contributed by atoms with Crippen molar-refractivity contribution < 1.29 is 18.3 Å². The number of rotatable bonds is 8. The van der Waals surface area contributed by atoms with Gasteiger partial charge >= 0.3 is 5.97 Å². The van der Waals surface area contributed by atoms with Crippen LogP contribution < -0.4 is 4.72 Å². The molecule has 0 bridgehead atoms. The first-order chi connectivity index (χ1) is 8.83. The summed E-state index contributed by atoms with van der Waals surface area (Å²) in [5.41, 5.74) is 0. The zero-order valence-electron chi connectivity index (χ0n) is 10.7. The summed E-state index contributed by atoms with van der Waals surface area (Å²) < 4.78 is 27.1. The Morgan fingerprint density at radius 3 is 2.84 bits per heavy atom. The van der Waals surface area contributed by atoms with Gasteiger partial charge in [-0.25, -0.2) is 9.71 Å². The topological polar surface area (TPSA) is 99.6 Å². The summed E-state index contributed by atoms with van der Waals surface area (Å²) in [5.74, 6) is -1.05. The molecule has 0 fully saturated rings. The third-order valence-corrected chi connectivity index (χ3v) is 5.04. The second kappa shape index (κ2) is 6.94. The molecule has 1 aromatic heterocycles. The fraction of sp³-hybridized carbons (Fsp3) is 0.600. The summed E-state index contributed by atoms with van der Waals surface area (Å²) in [4.78, 5) is 14.5.